The minimum absolute atomic E-state index is 0.162. The van der Waals surface area contributed by atoms with Gasteiger partial charge >= 0.3 is 0 Å². The summed E-state index contributed by atoms with van der Waals surface area (Å²) in [6.45, 7) is 3.06. The first-order chi connectivity index (χ1) is 11.2. The molecule has 0 atom stereocenters. The highest BCUT2D eigenvalue weighted by Crippen LogP contribution is 2.27. The lowest BCUT2D eigenvalue weighted by molar-refractivity contribution is 0.780. The Kier molecular flexibility index (Phi) is 4.23. The van der Waals surface area contributed by atoms with Gasteiger partial charge in [0.2, 0.25) is 5.95 Å². The second-order valence-electron chi connectivity index (χ2n) is 5.34. The van der Waals surface area contributed by atoms with Crippen LogP contribution in [0.4, 0.5) is 23.3 Å². The number of unbranched alkanes of at least 4 members (excludes halogenated alkanes) is 1. The fourth-order valence-electron chi connectivity index (χ4n) is 2.50. The number of benzene rings is 1. The second-order valence-corrected chi connectivity index (χ2v) is 5.34. The van der Waals surface area contributed by atoms with Gasteiger partial charge in [0.1, 0.15) is 11.3 Å². The highest BCUT2D eigenvalue weighted by molar-refractivity contribution is 5.86. The van der Waals surface area contributed by atoms with Gasteiger partial charge in [-0.2, -0.15) is 4.98 Å². The Bertz CT molecular complexity index is 803. The van der Waals surface area contributed by atoms with Gasteiger partial charge in [-0.25, -0.2) is 9.97 Å². The van der Waals surface area contributed by atoms with Crippen LogP contribution in [0.1, 0.15) is 19.8 Å². The van der Waals surface area contributed by atoms with E-state index in [2.05, 4.69) is 38.9 Å². The second kappa shape index (κ2) is 6.48. The molecular weight excluding hydrogens is 288 g/mol. The zero-order chi connectivity index (χ0) is 16.2. The third kappa shape index (κ3) is 3.15. The molecule has 0 bridgehead atoms. The number of nitrogen functional groups attached to an aromatic ring is 2. The number of pyridine rings is 1. The van der Waals surface area contributed by atoms with E-state index >= 15 is 0 Å². The molecule has 4 N–H and O–H groups in total. The summed E-state index contributed by atoms with van der Waals surface area (Å²) < 4.78 is 0. The first-order valence-corrected chi connectivity index (χ1v) is 7.71. The van der Waals surface area contributed by atoms with Gasteiger partial charge in [0.25, 0.3) is 0 Å². The number of rotatable bonds is 5. The molecule has 2 aromatic heterocycles. The van der Waals surface area contributed by atoms with E-state index in [1.807, 2.05) is 30.3 Å². The van der Waals surface area contributed by atoms with Gasteiger partial charge in [-0.1, -0.05) is 31.5 Å². The fourth-order valence-corrected chi connectivity index (χ4v) is 2.50. The molecule has 0 aliphatic carbocycles. The molecular formula is C17H20N6. The van der Waals surface area contributed by atoms with E-state index in [0.717, 1.165) is 30.9 Å². The van der Waals surface area contributed by atoms with Crippen molar-refractivity contribution in [2.75, 3.05) is 22.9 Å². The van der Waals surface area contributed by atoms with Gasteiger partial charge < -0.3 is 16.4 Å². The molecule has 0 amide bonds. The van der Waals surface area contributed by atoms with E-state index in [4.69, 9.17) is 11.5 Å². The van der Waals surface area contributed by atoms with E-state index in [1.54, 1.807) is 0 Å². The first kappa shape index (κ1) is 15.0. The van der Waals surface area contributed by atoms with Crippen molar-refractivity contribution in [3.05, 3.63) is 42.5 Å². The Morgan fingerprint density at radius 2 is 1.74 bits per heavy atom. The normalized spacial score (nSPS) is 10.8. The Labute approximate surface area is 135 Å². The number of para-hydroxylation sites is 1. The van der Waals surface area contributed by atoms with Crippen LogP contribution in [0.3, 0.4) is 0 Å². The lowest BCUT2D eigenvalue weighted by atomic mass is 10.2. The topological polar surface area (TPSA) is 94.0 Å². The van der Waals surface area contributed by atoms with Crippen molar-refractivity contribution in [2.24, 2.45) is 0 Å². The van der Waals surface area contributed by atoms with E-state index in [9.17, 15) is 0 Å². The lowest BCUT2D eigenvalue weighted by Gasteiger charge is -2.24. The predicted octanol–water partition coefficient (Wildman–Crippen LogP) is 3.13. The number of aromatic nitrogens is 3. The van der Waals surface area contributed by atoms with Crippen molar-refractivity contribution in [3.8, 4) is 0 Å². The molecule has 3 aromatic rings. The lowest BCUT2D eigenvalue weighted by Crippen LogP contribution is -2.19. The van der Waals surface area contributed by atoms with Crippen molar-refractivity contribution in [3.63, 3.8) is 0 Å². The van der Waals surface area contributed by atoms with Gasteiger partial charge in [0, 0.05) is 12.2 Å². The molecule has 23 heavy (non-hydrogen) atoms. The summed E-state index contributed by atoms with van der Waals surface area (Å²) in [7, 11) is 0. The summed E-state index contributed by atoms with van der Waals surface area (Å²) >= 11 is 0. The molecule has 0 radical (unpaired) electrons. The van der Waals surface area contributed by atoms with Crippen LogP contribution in [-0.2, 0) is 0 Å². The van der Waals surface area contributed by atoms with Gasteiger partial charge in [-0.15, -0.1) is 0 Å². The largest absolute Gasteiger partial charge is 0.382 e. The molecule has 6 heteroatoms. The van der Waals surface area contributed by atoms with Crippen LogP contribution in [-0.4, -0.2) is 21.5 Å². The maximum Gasteiger partial charge on any atom is 0.222 e. The summed E-state index contributed by atoms with van der Waals surface area (Å²) in [4.78, 5) is 15.0. The molecule has 0 aliphatic heterocycles. The highest BCUT2D eigenvalue weighted by atomic mass is 15.2. The van der Waals surface area contributed by atoms with Crippen LogP contribution in [0.2, 0.25) is 0 Å². The summed E-state index contributed by atoms with van der Waals surface area (Å²) in [5, 5.41) is 0. The average Bonchev–Trinajstić information content (AvgIpc) is 2.56. The molecule has 0 saturated carbocycles. The highest BCUT2D eigenvalue weighted by Gasteiger charge is 2.13. The predicted molar refractivity (Wildman–Crippen MR) is 94.5 cm³/mol. The van der Waals surface area contributed by atoms with Crippen LogP contribution in [0.5, 0.6) is 0 Å². The molecule has 0 unspecified atom stereocenters. The van der Waals surface area contributed by atoms with Gasteiger partial charge in [0.15, 0.2) is 5.82 Å². The number of hydrogen-bond acceptors (Lipinski definition) is 6. The van der Waals surface area contributed by atoms with Crippen LogP contribution in [0.25, 0.3) is 11.0 Å². The maximum absolute atomic E-state index is 5.95. The van der Waals surface area contributed by atoms with E-state index in [-0.39, 0.29) is 5.95 Å². The molecule has 3 rings (SSSR count). The van der Waals surface area contributed by atoms with Crippen LogP contribution >= 0.6 is 0 Å². The summed E-state index contributed by atoms with van der Waals surface area (Å²) in [6.07, 6.45) is 2.18. The number of nitrogens with zero attached hydrogens (tertiary/aromatic N) is 4. The van der Waals surface area contributed by atoms with Crippen molar-refractivity contribution in [2.45, 2.75) is 19.8 Å². The number of hydrogen-bond donors (Lipinski definition) is 2. The van der Waals surface area contributed by atoms with Crippen LogP contribution in [0.15, 0.2) is 42.5 Å². The minimum atomic E-state index is 0.162. The Balaban J connectivity index is 2.07. The Hall–Kier alpha value is -2.89. The molecule has 6 nitrogen and oxygen atoms in total. The molecule has 0 saturated heterocycles. The van der Waals surface area contributed by atoms with E-state index in [0.29, 0.717) is 16.9 Å². The van der Waals surface area contributed by atoms with Crippen LogP contribution < -0.4 is 16.4 Å². The molecule has 0 spiro atoms. The third-order valence-electron chi connectivity index (χ3n) is 3.65. The number of fused-ring (bicyclic) bond motifs is 1. The molecule has 118 valence electrons. The average molecular weight is 308 g/mol. The SMILES string of the molecule is CCCCN(c1ccccc1)c1ccc2nc(N)nc(N)c2n1. The van der Waals surface area contributed by atoms with Crippen molar-refractivity contribution < 1.29 is 0 Å². The zero-order valence-electron chi connectivity index (χ0n) is 13.1. The third-order valence-corrected chi connectivity index (χ3v) is 3.65. The monoisotopic (exact) mass is 308 g/mol. The van der Waals surface area contributed by atoms with Gasteiger partial charge in [-0.05, 0) is 30.7 Å². The van der Waals surface area contributed by atoms with Gasteiger partial charge in [-0.3, -0.25) is 0 Å². The smallest absolute Gasteiger partial charge is 0.222 e. The van der Waals surface area contributed by atoms with Crippen molar-refractivity contribution in [1.29, 1.82) is 0 Å². The summed E-state index contributed by atoms with van der Waals surface area (Å²) in [5.41, 5.74) is 13.9. The summed E-state index contributed by atoms with van der Waals surface area (Å²) in [5.74, 6) is 1.30. The molecule has 0 aliphatic rings. The molecule has 0 fully saturated rings. The minimum Gasteiger partial charge on any atom is -0.382 e. The quantitative estimate of drug-likeness (QED) is 0.752. The first-order valence-electron chi connectivity index (χ1n) is 7.71. The zero-order valence-corrected chi connectivity index (χ0v) is 13.1. The van der Waals surface area contributed by atoms with Gasteiger partial charge in [0.05, 0.1) is 5.52 Å². The Morgan fingerprint density at radius 1 is 0.957 bits per heavy atom. The fraction of sp³-hybridized carbons (Fsp3) is 0.235. The van der Waals surface area contributed by atoms with Crippen molar-refractivity contribution >= 4 is 34.3 Å². The number of anilines is 4. The Morgan fingerprint density at radius 3 is 2.48 bits per heavy atom. The van der Waals surface area contributed by atoms with Crippen LogP contribution in [0, 0.1) is 0 Å². The van der Waals surface area contributed by atoms with Crippen molar-refractivity contribution in [1.82, 2.24) is 15.0 Å². The van der Waals surface area contributed by atoms with E-state index in [1.165, 1.54) is 0 Å². The molecule has 1 aromatic carbocycles. The summed E-state index contributed by atoms with van der Waals surface area (Å²) in [6, 6.07) is 14.0. The maximum atomic E-state index is 5.95. The standard InChI is InChI=1S/C17H20N6/c1-2-3-11-23(12-7-5-4-6-8-12)14-10-9-13-15(21-14)16(18)22-17(19)20-13/h4-10H,2-3,11H2,1H3,(H4,18,19,20,22). The molecule has 2 heterocycles. The number of nitrogens with two attached hydrogens (primary N) is 2. The van der Waals surface area contributed by atoms with E-state index < -0.39 is 0 Å².